The van der Waals surface area contributed by atoms with Gasteiger partial charge in [0.1, 0.15) is 11.5 Å². The molecule has 2 atom stereocenters. The molecule has 5 aromatic rings. The Labute approximate surface area is 441 Å². The van der Waals surface area contributed by atoms with Crippen LogP contribution in [0.2, 0.25) is 0 Å². The molecule has 0 aliphatic rings. The van der Waals surface area contributed by atoms with Crippen LogP contribution in [-0.4, -0.2) is 73.2 Å². The number of unbranched alkanes of at least 4 members (excludes halogenated alkanes) is 18. The molecule has 408 valence electrons. The van der Waals surface area contributed by atoms with Crippen LogP contribution in [0.25, 0.3) is 17.0 Å². The maximum Gasteiger partial charge on any atom is 0.265 e. The number of sulfonamides is 2. The van der Waals surface area contributed by atoms with E-state index in [0.29, 0.717) is 64.1 Å². The first-order chi connectivity index (χ1) is 35.3. The van der Waals surface area contributed by atoms with E-state index in [1.54, 1.807) is 71.4 Å². The van der Waals surface area contributed by atoms with E-state index in [1.807, 2.05) is 6.07 Å². The predicted octanol–water partition coefficient (Wildman–Crippen LogP) is 13.2. The third kappa shape index (κ3) is 21.7. The van der Waals surface area contributed by atoms with Crippen LogP contribution in [0, 0.1) is 0 Å². The van der Waals surface area contributed by atoms with E-state index in [4.69, 9.17) is 19.6 Å². The van der Waals surface area contributed by atoms with Gasteiger partial charge in [-0.3, -0.25) is 24.1 Å². The second kappa shape index (κ2) is 29.5. The highest BCUT2D eigenvalue weighted by Crippen LogP contribution is 2.30. The van der Waals surface area contributed by atoms with E-state index in [-0.39, 0.29) is 5.41 Å². The zero-order valence-corrected chi connectivity index (χ0v) is 46.7. The van der Waals surface area contributed by atoms with Crippen LogP contribution < -0.4 is 29.6 Å². The normalized spacial score (nSPS) is 12.9. The second-order valence-corrected chi connectivity index (χ2v) is 24.4. The Bertz CT molecular complexity index is 2540. The lowest BCUT2D eigenvalue weighted by molar-refractivity contribution is -0.123. The molecule has 3 aromatic carbocycles. The minimum atomic E-state index is -3.49. The number of carbonyl (C=O) groups is 2. The molecular formula is C56H84N8O8S2. The number of hydrogen-bond acceptors (Lipinski definition) is 10. The summed E-state index contributed by atoms with van der Waals surface area (Å²) < 4.78 is 66.8. The average Bonchev–Trinajstić information content (AvgIpc) is 3.93. The summed E-state index contributed by atoms with van der Waals surface area (Å²) in [5.74, 6) is 0.373. The number of aromatic nitrogens is 4. The average molecular weight is 1060 g/mol. The van der Waals surface area contributed by atoms with Crippen LogP contribution in [-0.2, 0) is 35.1 Å². The van der Waals surface area contributed by atoms with Crippen molar-refractivity contribution < 1.29 is 35.9 Å². The number of hydrogen-bond donors (Lipinski definition) is 5. The van der Waals surface area contributed by atoms with Gasteiger partial charge in [-0.05, 0) is 92.4 Å². The highest BCUT2D eigenvalue weighted by atomic mass is 32.2. The zero-order chi connectivity index (χ0) is 53.6. The quantitative estimate of drug-likeness (QED) is 0.0242. The van der Waals surface area contributed by atoms with Gasteiger partial charge >= 0.3 is 0 Å². The third-order valence-electron chi connectivity index (χ3n) is 12.8. The zero-order valence-electron chi connectivity index (χ0n) is 45.1. The Morgan fingerprint density at radius 2 is 0.932 bits per heavy atom. The van der Waals surface area contributed by atoms with Gasteiger partial charge in [-0.15, -0.1) is 5.10 Å². The molecule has 0 radical (unpaired) electrons. The van der Waals surface area contributed by atoms with Crippen LogP contribution in [0.4, 0.5) is 22.7 Å². The molecule has 2 aromatic heterocycles. The van der Waals surface area contributed by atoms with Crippen molar-refractivity contribution in [1.29, 1.82) is 0 Å². The summed E-state index contributed by atoms with van der Waals surface area (Å²) in [5, 5.41) is 14.2. The summed E-state index contributed by atoms with van der Waals surface area (Å²) in [6.45, 7) is 10.7. The van der Waals surface area contributed by atoms with Crippen molar-refractivity contribution in [2.75, 3.05) is 32.6 Å². The highest BCUT2D eigenvalue weighted by Gasteiger charge is 2.25. The van der Waals surface area contributed by atoms with Crippen LogP contribution in [0.1, 0.15) is 182 Å². The van der Waals surface area contributed by atoms with Gasteiger partial charge in [0, 0.05) is 45.5 Å². The first-order valence-electron chi connectivity index (χ1n) is 27.0. The number of anilines is 4. The van der Waals surface area contributed by atoms with Gasteiger partial charge in [-0.2, -0.15) is 4.63 Å². The molecule has 2 amide bonds. The molecule has 2 heterocycles. The number of benzene rings is 3. The van der Waals surface area contributed by atoms with Crippen LogP contribution >= 0.6 is 0 Å². The molecule has 18 heteroatoms. The van der Waals surface area contributed by atoms with Gasteiger partial charge in [0.15, 0.2) is 23.7 Å². The van der Waals surface area contributed by atoms with Crippen LogP contribution in [0.3, 0.4) is 0 Å². The Balaban J connectivity index is 1.39. The van der Waals surface area contributed by atoms with E-state index in [0.717, 1.165) is 69.6 Å². The summed E-state index contributed by atoms with van der Waals surface area (Å²) in [4.78, 5) is 33.7. The number of carbonyl (C=O) groups excluding carboxylic acids is 2. The lowest BCUT2D eigenvalue weighted by atomic mass is 9.93. The van der Waals surface area contributed by atoms with Gasteiger partial charge in [0.25, 0.3) is 11.8 Å². The van der Waals surface area contributed by atoms with Crippen molar-refractivity contribution in [3.8, 4) is 22.9 Å². The SMILES string of the molecule is CCCCCCCCCCCCC(Oc1ccc(NS(C)(=O)=O)cc1)C(=O)Nc1cc(NC(=O)C(CCCCCCCCCCCC)Oc2ccc(NS(C)(=O)=O)cc2)cc(-c2nc3cc(C(C)(C)C)[nH]n3n2)c1. The minimum Gasteiger partial charge on any atom is -0.481 e. The molecule has 0 fully saturated rings. The van der Waals surface area contributed by atoms with E-state index in [1.165, 1.54) is 77.0 Å². The first-order valence-corrected chi connectivity index (χ1v) is 30.8. The molecule has 0 saturated carbocycles. The standard InChI is InChI=1S/C56H84N8O8S2/c1-8-10-12-14-16-18-20-22-24-26-28-49(71-47-34-30-43(31-35-47)62-73(6,67)68)54(65)57-45-38-42(53-59-52-41-51(56(3,4)5)60-64(52)61-53)39-46(40-45)58-55(66)50(29-27-25-23-21-19-17-15-13-11-9-2)72-48-36-32-44(33-37-48)63-74(7,69)70/h30-41,49-50,60,62-63H,8-29H2,1-7H3,(H,57,65)(H,58,66). The first kappa shape index (κ1) is 59.3. The van der Waals surface area contributed by atoms with Crippen molar-refractivity contribution in [3.05, 3.63) is 78.5 Å². The van der Waals surface area contributed by atoms with E-state index in [9.17, 15) is 26.4 Å². The number of rotatable bonds is 35. The van der Waals surface area contributed by atoms with Crippen molar-refractivity contribution in [1.82, 2.24) is 19.8 Å². The Morgan fingerprint density at radius 3 is 1.28 bits per heavy atom. The lowest BCUT2D eigenvalue weighted by Crippen LogP contribution is -2.34. The number of H-pyrrole nitrogens is 1. The Hall–Kier alpha value is -5.62. The van der Waals surface area contributed by atoms with E-state index < -0.39 is 44.1 Å². The molecule has 5 N–H and O–H groups in total. The number of aromatic amines is 1. The molecule has 2 unspecified atom stereocenters. The fraction of sp³-hybridized carbons (Fsp3) is 0.571. The van der Waals surface area contributed by atoms with Gasteiger partial charge in [0.2, 0.25) is 20.0 Å². The van der Waals surface area contributed by atoms with Gasteiger partial charge in [-0.1, -0.05) is 150 Å². The monoisotopic (exact) mass is 1060 g/mol. The molecule has 74 heavy (non-hydrogen) atoms. The maximum absolute atomic E-state index is 14.4. The van der Waals surface area contributed by atoms with Gasteiger partial charge < -0.3 is 20.1 Å². The van der Waals surface area contributed by atoms with Gasteiger partial charge in [-0.25, -0.2) is 21.8 Å². The number of nitrogens with zero attached hydrogens (tertiary/aromatic N) is 3. The summed E-state index contributed by atoms with van der Waals surface area (Å²) >= 11 is 0. The fourth-order valence-corrected chi connectivity index (χ4v) is 9.84. The van der Waals surface area contributed by atoms with Gasteiger partial charge in [0.05, 0.1) is 12.5 Å². The number of ether oxygens (including phenoxy) is 2. The van der Waals surface area contributed by atoms with Crippen LogP contribution in [0.15, 0.2) is 72.8 Å². The molecule has 0 aliphatic carbocycles. The number of amides is 2. The minimum absolute atomic E-state index is 0.173. The molecule has 5 rings (SSSR count). The molecule has 0 aliphatic heterocycles. The summed E-state index contributed by atoms with van der Waals surface area (Å²) in [6, 6.07) is 20.0. The molecule has 16 nitrogen and oxygen atoms in total. The topological polar surface area (TPSA) is 215 Å². The van der Waals surface area contributed by atoms with E-state index >= 15 is 0 Å². The highest BCUT2D eigenvalue weighted by molar-refractivity contribution is 7.92. The lowest BCUT2D eigenvalue weighted by Gasteiger charge is -2.21. The second-order valence-electron chi connectivity index (χ2n) is 20.9. The number of fused-ring (bicyclic) bond motifs is 1. The van der Waals surface area contributed by atoms with Crippen molar-refractivity contribution in [2.45, 2.75) is 193 Å². The van der Waals surface area contributed by atoms with Crippen molar-refractivity contribution >= 4 is 60.3 Å². The summed E-state index contributed by atoms with van der Waals surface area (Å²) in [5.41, 5.74) is 3.42. The fourth-order valence-electron chi connectivity index (χ4n) is 8.71. The summed E-state index contributed by atoms with van der Waals surface area (Å²) in [6.07, 6.45) is 23.9. The van der Waals surface area contributed by atoms with E-state index in [2.05, 4.69) is 59.8 Å². The van der Waals surface area contributed by atoms with Crippen molar-refractivity contribution in [2.24, 2.45) is 0 Å². The smallest absolute Gasteiger partial charge is 0.265 e. The summed E-state index contributed by atoms with van der Waals surface area (Å²) in [7, 11) is -6.99. The Morgan fingerprint density at radius 1 is 0.554 bits per heavy atom. The third-order valence-corrected chi connectivity index (χ3v) is 14.0. The number of nitrogens with one attached hydrogen (secondary N) is 5. The molecule has 0 spiro atoms. The predicted molar refractivity (Wildman–Crippen MR) is 300 cm³/mol. The molecule has 0 bridgehead atoms. The molecule has 0 saturated heterocycles. The maximum atomic E-state index is 14.4. The molecular weight excluding hydrogens is 977 g/mol. The Kier molecular flexibility index (Phi) is 23.6. The van der Waals surface area contributed by atoms with Crippen LogP contribution in [0.5, 0.6) is 11.5 Å². The largest absolute Gasteiger partial charge is 0.481 e. The van der Waals surface area contributed by atoms with Crippen molar-refractivity contribution in [3.63, 3.8) is 0 Å².